The highest BCUT2D eigenvalue weighted by Gasteiger charge is 2.21. The molecule has 0 bridgehead atoms. The molecule has 1 fully saturated rings. The van der Waals surface area contributed by atoms with Crippen LogP contribution in [0.2, 0.25) is 0 Å². The van der Waals surface area contributed by atoms with E-state index in [1.807, 2.05) is 0 Å². The molecular weight excluding hydrogens is 170 g/mol. The van der Waals surface area contributed by atoms with Crippen LogP contribution in [-0.2, 0) is 0 Å². The van der Waals surface area contributed by atoms with Crippen LogP contribution < -0.4 is 0 Å². The molecule has 0 radical (unpaired) electrons. The van der Waals surface area contributed by atoms with Gasteiger partial charge in [-0.05, 0) is 37.6 Å². The van der Waals surface area contributed by atoms with Crippen molar-refractivity contribution >= 4 is 0 Å². The van der Waals surface area contributed by atoms with Crippen LogP contribution >= 0.6 is 0 Å². The molecule has 0 amide bonds. The Morgan fingerprint density at radius 1 is 1.29 bits per heavy atom. The van der Waals surface area contributed by atoms with Crippen molar-refractivity contribution in [1.82, 2.24) is 4.90 Å². The molecule has 82 valence electrons. The van der Waals surface area contributed by atoms with E-state index >= 15 is 0 Å². The molecule has 0 aromatic heterocycles. The molecule has 1 saturated heterocycles. The second-order valence-corrected chi connectivity index (χ2v) is 4.74. The molecule has 0 aromatic carbocycles. The first-order valence-corrected chi connectivity index (χ1v) is 6.07. The van der Waals surface area contributed by atoms with Crippen LogP contribution in [0, 0.1) is 11.8 Å². The molecule has 2 atom stereocenters. The highest BCUT2D eigenvalue weighted by atomic mass is 15.1. The number of rotatable bonds is 3. The average molecular weight is 195 g/mol. The molecule has 1 heterocycles. The topological polar surface area (TPSA) is 3.24 Å². The first-order chi connectivity index (χ1) is 6.67. The van der Waals surface area contributed by atoms with E-state index in [9.17, 15) is 0 Å². The molecule has 1 aliphatic rings. The van der Waals surface area contributed by atoms with Crippen molar-refractivity contribution < 1.29 is 0 Å². The summed E-state index contributed by atoms with van der Waals surface area (Å²) in [7, 11) is 0. The van der Waals surface area contributed by atoms with Crippen LogP contribution in [0.1, 0.15) is 40.0 Å². The third-order valence-corrected chi connectivity index (χ3v) is 3.54. The third kappa shape index (κ3) is 3.13. The van der Waals surface area contributed by atoms with E-state index in [0.29, 0.717) is 0 Å². The lowest BCUT2D eigenvalue weighted by molar-refractivity contribution is 0.252. The zero-order valence-corrected chi connectivity index (χ0v) is 10.1. The second-order valence-electron chi connectivity index (χ2n) is 4.74. The minimum Gasteiger partial charge on any atom is -0.303 e. The molecule has 0 aromatic rings. The van der Waals surface area contributed by atoms with Crippen molar-refractivity contribution in [2.75, 3.05) is 19.6 Å². The maximum atomic E-state index is 4.21. The monoisotopic (exact) mass is 195 g/mol. The standard InChI is InChI=1S/C13H25N/c1-5-12(4)13-8-7-11(3)9-14(6-2)10-13/h11,13H,4-10H2,1-3H3. The van der Waals surface area contributed by atoms with Gasteiger partial charge in [-0.25, -0.2) is 0 Å². The molecule has 0 aliphatic carbocycles. The predicted octanol–water partition coefficient (Wildman–Crippen LogP) is 3.32. The van der Waals surface area contributed by atoms with Gasteiger partial charge in [-0.15, -0.1) is 0 Å². The fraction of sp³-hybridized carbons (Fsp3) is 0.846. The number of hydrogen-bond acceptors (Lipinski definition) is 1. The van der Waals surface area contributed by atoms with E-state index in [2.05, 4.69) is 32.3 Å². The van der Waals surface area contributed by atoms with Gasteiger partial charge in [0.25, 0.3) is 0 Å². The van der Waals surface area contributed by atoms with Gasteiger partial charge in [0.2, 0.25) is 0 Å². The summed E-state index contributed by atoms with van der Waals surface area (Å²) in [6, 6.07) is 0. The SMILES string of the molecule is C=C(CC)C1CCC(C)CN(CC)C1. The fourth-order valence-electron chi connectivity index (χ4n) is 2.38. The molecule has 2 unspecified atom stereocenters. The van der Waals surface area contributed by atoms with Crippen LogP contribution in [0.5, 0.6) is 0 Å². The first kappa shape index (κ1) is 11.8. The molecule has 1 nitrogen and oxygen atoms in total. The van der Waals surface area contributed by atoms with E-state index in [0.717, 1.165) is 18.3 Å². The zero-order valence-electron chi connectivity index (χ0n) is 10.1. The minimum absolute atomic E-state index is 0.755. The quantitative estimate of drug-likeness (QED) is 0.624. The summed E-state index contributed by atoms with van der Waals surface area (Å²) >= 11 is 0. The normalized spacial score (nSPS) is 29.9. The summed E-state index contributed by atoms with van der Waals surface area (Å²) < 4.78 is 0. The molecule has 0 spiro atoms. The fourth-order valence-corrected chi connectivity index (χ4v) is 2.38. The Balaban J connectivity index is 2.56. The Morgan fingerprint density at radius 2 is 2.00 bits per heavy atom. The van der Waals surface area contributed by atoms with Gasteiger partial charge in [-0.3, -0.25) is 0 Å². The van der Waals surface area contributed by atoms with Crippen molar-refractivity contribution in [2.45, 2.75) is 40.0 Å². The summed E-state index contributed by atoms with van der Waals surface area (Å²) in [4.78, 5) is 2.59. The van der Waals surface area contributed by atoms with Crippen LogP contribution in [0.3, 0.4) is 0 Å². The van der Waals surface area contributed by atoms with Crippen molar-refractivity contribution in [3.8, 4) is 0 Å². The lowest BCUT2D eigenvalue weighted by Gasteiger charge is -2.24. The molecule has 0 saturated carbocycles. The van der Waals surface area contributed by atoms with Crippen molar-refractivity contribution in [2.24, 2.45) is 11.8 Å². The van der Waals surface area contributed by atoms with E-state index in [1.54, 1.807) is 0 Å². The zero-order chi connectivity index (χ0) is 10.6. The van der Waals surface area contributed by atoms with Crippen molar-refractivity contribution in [1.29, 1.82) is 0 Å². The minimum atomic E-state index is 0.755. The summed E-state index contributed by atoms with van der Waals surface area (Å²) in [5, 5.41) is 0. The van der Waals surface area contributed by atoms with E-state index in [4.69, 9.17) is 0 Å². The molecule has 1 heteroatoms. The van der Waals surface area contributed by atoms with Gasteiger partial charge in [0.05, 0.1) is 0 Å². The molecule has 1 aliphatic heterocycles. The van der Waals surface area contributed by atoms with Crippen LogP contribution in [-0.4, -0.2) is 24.5 Å². The number of likely N-dealkylation sites (tertiary alicyclic amines) is 1. The summed E-state index contributed by atoms with van der Waals surface area (Å²) in [5.41, 5.74) is 1.46. The highest BCUT2D eigenvalue weighted by Crippen LogP contribution is 2.26. The Labute approximate surface area is 89.2 Å². The van der Waals surface area contributed by atoms with Gasteiger partial charge < -0.3 is 4.90 Å². The summed E-state index contributed by atoms with van der Waals surface area (Å²) in [6.45, 7) is 14.8. The summed E-state index contributed by atoms with van der Waals surface area (Å²) in [5.74, 6) is 1.62. The number of nitrogens with zero attached hydrogens (tertiary/aromatic N) is 1. The van der Waals surface area contributed by atoms with E-state index in [1.165, 1.54) is 38.0 Å². The smallest absolute Gasteiger partial charge is 0.00469 e. The van der Waals surface area contributed by atoms with E-state index in [-0.39, 0.29) is 0 Å². The van der Waals surface area contributed by atoms with Crippen molar-refractivity contribution in [3.05, 3.63) is 12.2 Å². The molecular formula is C13H25N. The highest BCUT2D eigenvalue weighted by molar-refractivity contribution is 5.01. The summed E-state index contributed by atoms with van der Waals surface area (Å²) in [6.07, 6.45) is 3.88. The number of hydrogen-bond donors (Lipinski definition) is 0. The Kier molecular flexibility index (Phi) is 4.67. The first-order valence-electron chi connectivity index (χ1n) is 6.07. The third-order valence-electron chi connectivity index (χ3n) is 3.54. The van der Waals surface area contributed by atoms with Crippen LogP contribution in [0.4, 0.5) is 0 Å². The largest absolute Gasteiger partial charge is 0.303 e. The Morgan fingerprint density at radius 3 is 2.57 bits per heavy atom. The van der Waals surface area contributed by atoms with Gasteiger partial charge >= 0.3 is 0 Å². The van der Waals surface area contributed by atoms with Crippen molar-refractivity contribution in [3.63, 3.8) is 0 Å². The second kappa shape index (κ2) is 5.55. The van der Waals surface area contributed by atoms with Gasteiger partial charge in [0, 0.05) is 13.1 Å². The van der Waals surface area contributed by atoms with Gasteiger partial charge in [-0.1, -0.05) is 32.9 Å². The average Bonchev–Trinajstić information content (AvgIpc) is 2.38. The lowest BCUT2D eigenvalue weighted by atomic mass is 9.92. The molecule has 14 heavy (non-hydrogen) atoms. The van der Waals surface area contributed by atoms with Gasteiger partial charge in [0.15, 0.2) is 0 Å². The maximum Gasteiger partial charge on any atom is 0.00469 e. The van der Waals surface area contributed by atoms with Gasteiger partial charge in [-0.2, -0.15) is 0 Å². The Hall–Kier alpha value is -0.300. The lowest BCUT2D eigenvalue weighted by Crippen LogP contribution is -2.30. The van der Waals surface area contributed by atoms with E-state index < -0.39 is 0 Å². The molecule has 0 N–H and O–H groups in total. The maximum absolute atomic E-state index is 4.21. The van der Waals surface area contributed by atoms with Crippen LogP contribution in [0.15, 0.2) is 12.2 Å². The molecule has 1 rings (SSSR count). The predicted molar refractivity (Wildman–Crippen MR) is 63.4 cm³/mol. The van der Waals surface area contributed by atoms with Gasteiger partial charge in [0.1, 0.15) is 0 Å². The van der Waals surface area contributed by atoms with Crippen LogP contribution in [0.25, 0.3) is 0 Å². The Bertz CT molecular complexity index is 186.